The van der Waals surface area contributed by atoms with E-state index in [-0.39, 0.29) is 58.4 Å². The number of aromatic nitrogens is 1. The molecule has 3 heterocycles. The van der Waals surface area contributed by atoms with Crippen molar-refractivity contribution in [2.45, 2.75) is 18.8 Å². The fourth-order valence-corrected chi connectivity index (χ4v) is 5.42. The number of H-pyrrole nitrogens is 1. The molecule has 40 heavy (non-hydrogen) atoms. The maximum atomic E-state index is 14.2. The third kappa shape index (κ3) is 5.92. The Morgan fingerprint density at radius 1 is 1.10 bits per heavy atom. The lowest BCUT2D eigenvalue weighted by molar-refractivity contribution is -0.274. The van der Waals surface area contributed by atoms with Gasteiger partial charge in [0.05, 0.1) is 35.5 Å². The molecule has 2 fully saturated rings. The molecule has 212 valence electrons. The first-order chi connectivity index (χ1) is 19.0. The van der Waals surface area contributed by atoms with E-state index in [1.54, 1.807) is 4.90 Å². The number of para-hydroxylation sites is 1. The van der Waals surface area contributed by atoms with Crippen LogP contribution in [0.2, 0.25) is 0 Å². The van der Waals surface area contributed by atoms with Gasteiger partial charge < -0.3 is 29.6 Å². The lowest BCUT2D eigenvalue weighted by atomic mass is 10.1. The third-order valence-corrected chi connectivity index (χ3v) is 7.16. The van der Waals surface area contributed by atoms with E-state index in [1.807, 2.05) is 0 Å². The first kappa shape index (κ1) is 27.9. The van der Waals surface area contributed by atoms with Crippen LogP contribution < -0.4 is 20.5 Å². The number of hydrogen-bond acceptors (Lipinski definition) is 6. The molecule has 0 aliphatic carbocycles. The molecule has 1 atom stereocenters. The summed E-state index contributed by atoms with van der Waals surface area (Å²) in [6.45, 7) is 1.43. The van der Waals surface area contributed by atoms with Gasteiger partial charge in [-0.1, -0.05) is 28.1 Å². The van der Waals surface area contributed by atoms with Crippen molar-refractivity contribution in [1.29, 1.82) is 0 Å². The molecule has 2 aromatic carbocycles. The van der Waals surface area contributed by atoms with Gasteiger partial charge in [0.1, 0.15) is 5.82 Å². The highest BCUT2D eigenvalue weighted by molar-refractivity contribution is 9.10. The molecule has 2 N–H and O–H groups in total. The summed E-state index contributed by atoms with van der Waals surface area (Å²) in [6, 6.07) is 7.16. The molecular weight excluding hydrogens is 604 g/mol. The molecule has 1 aromatic heterocycles. The monoisotopic (exact) mass is 626 g/mol. The highest BCUT2D eigenvalue weighted by Crippen LogP contribution is 2.41. The van der Waals surface area contributed by atoms with Crippen LogP contribution >= 0.6 is 15.9 Å². The SMILES string of the molecule is O=C(N[C@@H]1CCN(c2c(OC(F)(F)F)cc(Br)cc2C(=O)N2CCOCC2)C1)c1cc(=O)[nH]c2c(F)cccc12. The number of anilines is 1. The van der Waals surface area contributed by atoms with Gasteiger partial charge in [-0.15, -0.1) is 13.2 Å². The molecule has 2 saturated heterocycles. The van der Waals surface area contributed by atoms with Gasteiger partial charge in [0.25, 0.3) is 11.8 Å². The first-order valence-corrected chi connectivity index (χ1v) is 13.1. The number of pyridine rings is 1. The average Bonchev–Trinajstić information content (AvgIpc) is 3.35. The molecule has 0 bridgehead atoms. The molecule has 2 aliphatic heterocycles. The Bertz CT molecular complexity index is 1520. The van der Waals surface area contributed by atoms with E-state index in [4.69, 9.17) is 4.74 Å². The van der Waals surface area contributed by atoms with Gasteiger partial charge in [-0.25, -0.2) is 4.39 Å². The van der Waals surface area contributed by atoms with Crippen molar-refractivity contribution >= 4 is 44.3 Å². The number of morpholine rings is 1. The van der Waals surface area contributed by atoms with Gasteiger partial charge in [0, 0.05) is 48.1 Å². The van der Waals surface area contributed by atoms with E-state index in [0.717, 1.165) is 18.2 Å². The van der Waals surface area contributed by atoms with Crippen LogP contribution in [0.3, 0.4) is 0 Å². The van der Waals surface area contributed by atoms with E-state index < -0.39 is 41.3 Å². The van der Waals surface area contributed by atoms with Crippen molar-refractivity contribution in [3.8, 4) is 5.75 Å². The molecule has 0 unspecified atom stereocenters. The molecule has 5 rings (SSSR count). The Kier molecular flexibility index (Phi) is 7.73. The number of nitrogens with zero attached hydrogens (tertiary/aromatic N) is 2. The van der Waals surface area contributed by atoms with Gasteiger partial charge in [0.2, 0.25) is 5.56 Å². The number of carbonyl (C=O) groups is 2. The Hall–Kier alpha value is -3.65. The summed E-state index contributed by atoms with van der Waals surface area (Å²) < 4.78 is 64.2. The largest absolute Gasteiger partial charge is 0.573 e. The highest BCUT2D eigenvalue weighted by Gasteiger charge is 2.37. The number of aromatic amines is 1. The molecule has 9 nitrogen and oxygen atoms in total. The first-order valence-electron chi connectivity index (χ1n) is 12.3. The van der Waals surface area contributed by atoms with Crippen molar-refractivity contribution in [3.05, 3.63) is 68.2 Å². The summed E-state index contributed by atoms with van der Waals surface area (Å²) in [5, 5.41) is 2.99. The van der Waals surface area contributed by atoms with Crippen molar-refractivity contribution < 1.29 is 36.6 Å². The predicted molar refractivity (Wildman–Crippen MR) is 140 cm³/mol. The predicted octanol–water partition coefficient (Wildman–Crippen LogP) is 3.81. The van der Waals surface area contributed by atoms with Crippen LogP contribution in [-0.2, 0) is 4.74 Å². The zero-order valence-electron chi connectivity index (χ0n) is 20.8. The van der Waals surface area contributed by atoms with Crippen LogP contribution in [0.5, 0.6) is 5.75 Å². The van der Waals surface area contributed by atoms with Crippen LogP contribution in [0.1, 0.15) is 27.1 Å². The van der Waals surface area contributed by atoms with E-state index >= 15 is 0 Å². The molecule has 0 radical (unpaired) electrons. The quantitative estimate of drug-likeness (QED) is 0.418. The van der Waals surface area contributed by atoms with Gasteiger partial charge in [0.15, 0.2) is 5.75 Å². The van der Waals surface area contributed by atoms with E-state index in [1.165, 1.54) is 23.1 Å². The molecule has 14 heteroatoms. The Labute approximate surface area is 233 Å². The second kappa shape index (κ2) is 11.1. The maximum absolute atomic E-state index is 14.2. The van der Waals surface area contributed by atoms with Gasteiger partial charge in [-0.3, -0.25) is 14.4 Å². The van der Waals surface area contributed by atoms with Crippen molar-refractivity contribution in [1.82, 2.24) is 15.2 Å². The van der Waals surface area contributed by atoms with E-state index in [9.17, 15) is 31.9 Å². The minimum absolute atomic E-state index is 0.0126. The zero-order valence-corrected chi connectivity index (χ0v) is 22.4. The van der Waals surface area contributed by atoms with E-state index in [0.29, 0.717) is 19.6 Å². The summed E-state index contributed by atoms with van der Waals surface area (Å²) in [5.74, 6) is -2.36. The molecule has 0 saturated carbocycles. The van der Waals surface area contributed by atoms with Crippen LogP contribution in [0.15, 0.2) is 45.7 Å². The fourth-order valence-electron chi connectivity index (χ4n) is 4.98. The minimum Gasteiger partial charge on any atom is -0.403 e. The Morgan fingerprint density at radius 3 is 2.58 bits per heavy atom. The summed E-state index contributed by atoms with van der Waals surface area (Å²) >= 11 is 3.18. The van der Waals surface area contributed by atoms with Crippen molar-refractivity contribution in [2.75, 3.05) is 44.3 Å². The highest BCUT2D eigenvalue weighted by atomic mass is 79.9. The lowest BCUT2D eigenvalue weighted by Gasteiger charge is -2.30. The zero-order chi connectivity index (χ0) is 28.6. The fraction of sp³-hybridized carbons (Fsp3) is 0.346. The summed E-state index contributed by atoms with van der Waals surface area (Å²) in [4.78, 5) is 44.1. The molecular formula is C26H23BrF4N4O5. The summed E-state index contributed by atoms with van der Waals surface area (Å²) in [6.07, 6.45) is -4.69. The van der Waals surface area contributed by atoms with Crippen LogP contribution in [0.4, 0.5) is 23.2 Å². The minimum atomic E-state index is -5.02. The standard InChI is InChI=1S/C26H23BrF4N4O5/c27-14-10-18(25(38)34-6-8-39-9-7-34)23(20(11-14)40-26(29,30)31)35-5-4-15(13-35)32-24(37)17-12-21(36)33-22-16(17)2-1-3-19(22)28/h1-3,10-12,15H,4-9,13H2,(H,32,37)(H,33,36)/t15-/m1/s1. The number of nitrogens with one attached hydrogen (secondary N) is 2. The molecule has 0 spiro atoms. The number of fused-ring (bicyclic) bond motifs is 1. The Balaban J connectivity index is 1.44. The van der Waals surface area contributed by atoms with Gasteiger partial charge >= 0.3 is 6.36 Å². The molecule has 3 aromatic rings. The van der Waals surface area contributed by atoms with Gasteiger partial charge in [-0.05, 0) is 24.6 Å². The number of rotatable bonds is 5. The average molecular weight is 627 g/mol. The number of ether oxygens (including phenoxy) is 2. The maximum Gasteiger partial charge on any atom is 0.573 e. The second-order valence-electron chi connectivity index (χ2n) is 9.37. The van der Waals surface area contributed by atoms with Crippen molar-refractivity contribution in [3.63, 3.8) is 0 Å². The lowest BCUT2D eigenvalue weighted by Crippen LogP contribution is -2.42. The number of carbonyl (C=O) groups excluding carboxylic acids is 2. The smallest absolute Gasteiger partial charge is 0.403 e. The van der Waals surface area contributed by atoms with Gasteiger partial charge in [-0.2, -0.15) is 0 Å². The van der Waals surface area contributed by atoms with Crippen LogP contribution in [0.25, 0.3) is 10.9 Å². The number of hydrogen-bond donors (Lipinski definition) is 2. The molecule has 2 aliphatic rings. The summed E-state index contributed by atoms with van der Waals surface area (Å²) in [5.41, 5.74) is -0.838. The second-order valence-corrected chi connectivity index (χ2v) is 10.3. The third-order valence-electron chi connectivity index (χ3n) is 6.71. The molecule has 2 amide bonds. The normalized spacial score (nSPS) is 17.8. The number of halogens is 5. The summed E-state index contributed by atoms with van der Waals surface area (Å²) in [7, 11) is 0. The van der Waals surface area contributed by atoms with Crippen LogP contribution in [0, 0.1) is 5.82 Å². The van der Waals surface area contributed by atoms with Crippen molar-refractivity contribution in [2.24, 2.45) is 0 Å². The Morgan fingerprint density at radius 2 is 1.85 bits per heavy atom. The number of benzene rings is 2. The van der Waals surface area contributed by atoms with E-state index in [2.05, 4.69) is 31.0 Å². The topological polar surface area (TPSA) is 104 Å². The number of alkyl halides is 3. The number of amides is 2. The van der Waals surface area contributed by atoms with Crippen LogP contribution in [-0.4, -0.2) is 73.5 Å².